The summed E-state index contributed by atoms with van der Waals surface area (Å²) in [5.74, 6) is -3.14. The predicted molar refractivity (Wildman–Crippen MR) is 108 cm³/mol. The Morgan fingerprint density at radius 2 is 1.74 bits per heavy atom. The van der Waals surface area contributed by atoms with Gasteiger partial charge in [0.05, 0.1) is 12.1 Å². The number of hydrogen-bond donors (Lipinski definition) is 3. The minimum Gasteiger partial charge on any atom is -0.368 e. The third kappa shape index (κ3) is 5.30. The molecule has 160 valence electrons. The van der Waals surface area contributed by atoms with Crippen LogP contribution in [0.4, 0.5) is 8.78 Å². The van der Waals surface area contributed by atoms with Gasteiger partial charge in [-0.2, -0.15) is 5.10 Å². The second-order valence-corrected chi connectivity index (χ2v) is 6.72. The lowest BCUT2D eigenvalue weighted by molar-refractivity contribution is -0.117. The van der Waals surface area contributed by atoms with Crippen LogP contribution >= 0.6 is 0 Å². The number of hydrogen-bond acceptors (Lipinski definition) is 4. The van der Waals surface area contributed by atoms with Crippen LogP contribution < -0.4 is 16.4 Å². The first-order valence-corrected chi connectivity index (χ1v) is 9.17. The number of benzene rings is 2. The molecule has 0 radical (unpaired) electrons. The number of nitrogens with zero attached hydrogens (tertiary/aromatic N) is 2. The van der Waals surface area contributed by atoms with Gasteiger partial charge in [-0.3, -0.25) is 19.1 Å². The van der Waals surface area contributed by atoms with Crippen LogP contribution in [-0.4, -0.2) is 34.0 Å². The van der Waals surface area contributed by atoms with Gasteiger partial charge in [0.1, 0.15) is 17.3 Å². The second-order valence-electron chi connectivity index (χ2n) is 6.72. The normalized spacial score (nSPS) is 10.5. The highest BCUT2D eigenvalue weighted by molar-refractivity contribution is 6.00. The summed E-state index contributed by atoms with van der Waals surface area (Å²) in [5.41, 5.74) is 6.27. The van der Waals surface area contributed by atoms with Gasteiger partial charge in [0.25, 0.3) is 11.8 Å². The van der Waals surface area contributed by atoms with Crippen molar-refractivity contribution in [2.75, 3.05) is 6.54 Å². The van der Waals surface area contributed by atoms with Gasteiger partial charge in [0.2, 0.25) is 5.91 Å². The lowest BCUT2D eigenvalue weighted by atomic mass is 10.1. The molecular weight excluding hydrogens is 408 g/mol. The van der Waals surface area contributed by atoms with E-state index in [1.807, 2.05) is 0 Å². The molecule has 3 aromatic rings. The standard InChI is InChI=1S/C21H19F2N5O3/c1-28-11-16(19(27-28)15-7-6-14(22)8-17(15)23)21(31)25-9-12-2-4-13(5-3-12)20(30)26-10-18(24)29/h2-8,11H,9-10H2,1H3,(H2,24,29)(H,25,31)(H,26,30). The van der Waals surface area contributed by atoms with Crippen LogP contribution in [0.5, 0.6) is 0 Å². The maximum Gasteiger partial charge on any atom is 0.255 e. The summed E-state index contributed by atoms with van der Waals surface area (Å²) in [7, 11) is 1.59. The Morgan fingerprint density at radius 3 is 2.39 bits per heavy atom. The summed E-state index contributed by atoms with van der Waals surface area (Å²) in [6.07, 6.45) is 1.44. The number of aromatic nitrogens is 2. The molecule has 10 heteroatoms. The Morgan fingerprint density at radius 1 is 1.03 bits per heavy atom. The Labute approximate surface area is 176 Å². The third-order valence-electron chi connectivity index (χ3n) is 4.35. The fourth-order valence-electron chi connectivity index (χ4n) is 2.86. The van der Waals surface area contributed by atoms with E-state index in [4.69, 9.17) is 5.73 Å². The van der Waals surface area contributed by atoms with Crippen molar-refractivity contribution in [3.63, 3.8) is 0 Å². The van der Waals surface area contributed by atoms with Crippen molar-refractivity contribution in [1.29, 1.82) is 0 Å². The summed E-state index contributed by atoms with van der Waals surface area (Å²) in [6, 6.07) is 9.42. The lowest BCUT2D eigenvalue weighted by Crippen LogP contribution is -2.33. The van der Waals surface area contributed by atoms with Gasteiger partial charge in [-0.15, -0.1) is 0 Å². The van der Waals surface area contributed by atoms with Crippen molar-refractivity contribution in [3.05, 3.63) is 77.0 Å². The largest absolute Gasteiger partial charge is 0.368 e. The van der Waals surface area contributed by atoms with Gasteiger partial charge < -0.3 is 16.4 Å². The van der Waals surface area contributed by atoms with Gasteiger partial charge >= 0.3 is 0 Å². The van der Waals surface area contributed by atoms with Crippen molar-refractivity contribution in [1.82, 2.24) is 20.4 Å². The van der Waals surface area contributed by atoms with Crippen LogP contribution in [0.1, 0.15) is 26.3 Å². The molecular formula is C21H19F2N5O3. The summed E-state index contributed by atoms with van der Waals surface area (Å²) in [5, 5.41) is 9.21. The summed E-state index contributed by atoms with van der Waals surface area (Å²) >= 11 is 0. The number of carbonyl (C=O) groups excluding carboxylic acids is 3. The van der Waals surface area contributed by atoms with Crippen LogP contribution in [0, 0.1) is 11.6 Å². The average molecular weight is 427 g/mol. The van der Waals surface area contributed by atoms with E-state index < -0.39 is 29.4 Å². The molecule has 0 aliphatic carbocycles. The molecule has 8 nitrogen and oxygen atoms in total. The van der Waals surface area contributed by atoms with Crippen molar-refractivity contribution < 1.29 is 23.2 Å². The van der Waals surface area contributed by atoms with Crippen molar-refractivity contribution in [2.24, 2.45) is 12.8 Å². The quantitative estimate of drug-likeness (QED) is 0.530. The molecule has 0 unspecified atom stereocenters. The first-order valence-electron chi connectivity index (χ1n) is 9.17. The fraction of sp³-hybridized carbons (Fsp3) is 0.143. The van der Waals surface area contributed by atoms with Gasteiger partial charge in [0, 0.05) is 37.0 Å². The number of carbonyl (C=O) groups is 3. The number of aryl methyl sites for hydroxylation is 1. The third-order valence-corrected chi connectivity index (χ3v) is 4.35. The molecule has 4 N–H and O–H groups in total. The van der Waals surface area contributed by atoms with E-state index in [0.717, 1.165) is 12.1 Å². The first kappa shape index (κ1) is 21.6. The Bertz CT molecular complexity index is 1140. The molecule has 1 heterocycles. The molecule has 31 heavy (non-hydrogen) atoms. The first-order chi connectivity index (χ1) is 14.7. The zero-order chi connectivity index (χ0) is 22.5. The highest BCUT2D eigenvalue weighted by Gasteiger charge is 2.20. The number of primary amides is 1. The number of halogens is 2. The Kier molecular flexibility index (Phi) is 6.39. The molecule has 1 aromatic heterocycles. The zero-order valence-corrected chi connectivity index (χ0v) is 16.5. The monoisotopic (exact) mass is 427 g/mol. The Balaban J connectivity index is 1.69. The maximum atomic E-state index is 14.2. The van der Waals surface area contributed by atoms with Gasteiger partial charge in [-0.25, -0.2) is 8.78 Å². The highest BCUT2D eigenvalue weighted by atomic mass is 19.1. The topological polar surface area (TPSA) is 119 Å². The maximum absolute atomic E-state index is 14.2. The minimum absolute atomic E-state index is 0.0125. The number of nitrogens with two attached hydrogens (primary N) is 1. The molecule has 0 aliphatic heterocycles. The Hall–Kier alpha value is -4.08. The average Bonchev–Trinajstić information content (AvgIpc) is 3.12. The van der Waals surface area contributed by atoms with Crippen molar-refractivity contribution in [3.8, 4) is 11.3 Å². The van der Waals surface area contributed by atoms with Crippen LogP contribution in [0.15, 0.2) is 48.7 Å². The number of amides is 3. The number of rotatable bonds is 7. The summed E-state index contributed by atoms with van der Waals surface area (Å²) < 4.78 is 28.7. The molecule has 0 atom stereocenters. The lowest BCUT2D eigenvalue weighted by Gasteiger charge is -2.08. The smallest absolute Gasteiger partial charge is 0.255 e. The van der Waals surface area contributed by atoms with E-state index in [1.54, 1.807) is 31.3 Å². The molecule has 0 aliphatic rings. The molecule has 3 rings (SSSR count). The molecule has 0 spiro atoms. The van der Waals surface area contributed by atoms with Crippen molar-refractivity contribution in [2.45, 2.75) is 6.54 Å². The van der Waals surface area contributed by atoms with Crippen LogP contribution in [0.25, 0.3) is 11.3 Å². The van der Waals surface area contributed by atoms with E-state index in [1.165, 1.54) is 16.9 Å². The predicted octanol–water partition coefficient (Wildman–Crippen LogP) is 1.51. The molecule has 0 saturated carbocycles. The van der Waals surface area contributed by atoms with E-state index >= 15 is 0 Å². The van der Waals surface area contributed by atoms with Gasteiger partial charge in [0.15, 0.2) is 0 Å². The van der Waals surface area contributed by atoms with E-state index in [9.17, 15) is 23.2 Å². The van der Waals surface area contributed by atoms with Gasteiger partial charge in [-0.05, 0) is 29.8 Å². The summed E-state index contributed by atoms with van der Waals surface area (Å²) in [6.45, 7) is -0.124. The van der Waals surface area contributed by atoms with E-state index in [0.29, 0.717) is 11.1 Å². The highest BCUT2D eigenvalue weighted by Crippen LogP contribution is 2.25. The minimum atomic E-state index is -0.821. The summed E-state index contributed by atoms with van der Waals surface area (Å²) in [4.78, 5) is 35.3. The number of nitrogens with one attached hydrogen (secondary N) is 2. The van der Waals surface area contributed by atoms with Crippen LogP contribution in [-0.2, 0) is 18.4 Å². The molecule has 3 amide bonds. The molecule has 0 fully saturated rings. The molecule has 0 saturated heterocycles. The van der Waals surface area contributed by atoms with Crippen LogP contribution in [0.2, 0.25) is 0 Å². The van der Waals surface area contributed by atoms with Gasteiger partial charge in [-0.1, -0.05) is 12.1 Å². The van der Waals surface area contributed by atoms with Crippen LogP contribution in [0.3, 0.4) is 0 Å². The molecule has 2 aromatic carbocycles. The molecule has 0 bridgehead atoms. The SMILES string of the molecule is Cn1cc(C(=O)NCc2ccc(C(=O)NCC(N)=O)cc2)c(-c2ccc(F)cc2F)n1. The van der Waals surface area contributed by atoms with E-state index in [-0.39, 0.29) is 29.9 Å². The fourth-order valence-corrected chi connectivity index (χ4v) is 2.86. The van der Waals surface area contributed by atoms with Crippen molar-refractivity contribution >= 4 is 17.7 Å². The van der Waals surface area contributed by atoms with E-state index in [2.05, 4.69) is 15.7 Å². The second kappa shape index (κ2) is 9.16. The zero-order valence-electron chi connectivity index (χ0n) is 16.5.